The SMILES string of the molecule is CCCCCCCCCCCCCC=C[C@@H](O)[C@H](CO[C@@H]1O[C@H](CO)[C@H](O)[C@H](OS(=O)(=O)O)[C@H]1O)NC(=O)CCCCCCCCCCCCCCCC. The monoisotopic (exact) mass is 794 g/mol. The molecule has 6 N–H and O–H groups in total. The van der Waals surface area contributed by atoms with Gasteiger partial charge in [-0.15, -0.1) is 0 Å². The van der Waals surface area contributed by atoms with Crippen LogP contribution in [0.15, 0.2) is 12.2 Å². The van der Waals surface area contributed by atoms with E-state index in [0.717, 1.165) is 38.5 Å². The van der Waals surface area contributed by atoms with Crippen molar-refractivity contribution >= 4 is 16.3 Å². The van der Waals surface area contributed by atoms with Crippen LogP contribution in [0.3, 0.4) is 0 Å². The molecule has 13 heteroatoms. The highest BCUT2D eigenvalue weighted by Gasteiger charge is 2.48. The lowest BCUT2D eigenvalue weighted by atomic mass is 9.99. The molecule has 1 fully saturated rings. The topological polar surface area (TPSA) is 192 Å². The molecule has 0 aliphatic carbocycles. The number of allylic oxidation sites excluding steroid dienone is 1. The van der Waals surface area contributed by atoms with Crippen LogP contribution in [0.1, 0.15) is 187 Å². The molecule has 1 aliphatic rings. The summed E-state index contributed by atoms with van der Waals surface area (Å²) in [7, 11) is -5.08. The number of hydrogen-bond donors (Lipinski definition) is 6. The minimum absolute atomic E-state index is 0.262. The molecule has 54 heavy (non-hydrogen) atoms. The lowest BCUT2D eigenvalue weighted by Crippen LogP contribution is -2.61. The summed E-state index contributed by atoms with van der Waals surface area (Å²) in [6.07, 6.45) is 25.3. The molecule has 1 aliphatic heterocycles. The minimum Gasteiger partial charge on any atom is -0.394 e. The van der Waals surface area contributed by atoms with Crippen molar-refractivity contribution in [3.63, 3.8) is 0 Å². The van der Waals surface area contributed by atoms with Crippen molar-refractivity contribution in [3.8, 4) is 0 Å². The molecule has 0 aromatic carbocycles. The Bertz CT molecular complexity index is 1030. The largest absolute Gasteiger partial charge is 0.397 e. The van der Waals surface area contributed by atoms with Crippen molar-refractivity contribution in [2.45, 2.75) is 230 Å². The molecule has 0 aromatic heterocycles. The highest BCUT2D eigenvalue weighted by atomic mass is 32.3. The smallest absolute Gasteiger partial charge is 0.394 e. The highest BCUT2D eigenvalue weighted by Crippen LogP contribution is 2.26. The lowest BCUT2D eigenvalue weighted by Gasteiger charge is -2.41. The van der Waals surface area contributed by atoms with Gasteiger partial charge in [-0.1, -0.05) is 174 Å². The fraction of sp³-hybridized carbons (Fsp3) is 0.927. The first-order valence-corrected chi connectivity index (χ1v) is 22.9. The van der Waals surface area contributed by atoms with E-state index < -0.39 is 59.9 Å². The molecule has 1 amide bonds. The van der Waals surface area contributed by atoms with E-state index in [2.05, 4.69) is 23.3 Å². The van der Waals surface area contributed by atoms with Gasteiger partial charge in [-0.25, -0.2) is 4.18 Å². The number of carbonyl (C=O) groups excluding carboxylic acids is 1. The van der Waals surface area contributed by atoms with Crippen LogP contribution in [0.4, 0.5) is 0 Å². The van der Waals surface area contributed by atoms with Gasteiger partial charge >= 0.3 is 10.4 Å². The predicted octanol–water partition coefficient (Wildman–Crippen LogP) is 7.60. The molecule has 0 radical (unpaired) electrons. The standard InChI is InChI=1S/C41H79NO11S/c1-3-5-7-9-11-13-15-17-19-21-23-25-27-29-31-37(45)42-34(35(44)30-28-26-24-22-20-18-16-14-12-10-8-6-4-2)33-51-41-39(47)40(53-54(48,49)50)38(46)36(32-43)52-41/h28,30,34-36,38-41,43-44,46-47H,3-27,29,31-33H2,1-2H3,(H,42,45)(H,48,49,50)/t34-,35+,36+,38-,39+,40-,41+/m0/s1. The maximum absolute atomic E-state index is 13.0. The zero-order valence-electron chi connectivity index (χ0n) is 33.8. The summed E-state index contributed by atoms with van der Waals surface area (Å²) < 4.78 is 47.5. The van der Waals surface area contributed by atoms with E-state index in [1.807, 2.05) is 6.08 Å². The summed E-state index contributed by atoms with van der Waals surface area (Å²) >= 11 is 0. The first-order chi connectivity index (χ1) is 26.0. The predicted molar refractivity (Wildman–Crippen MR) is 213 cm³/mol. The van der Waals surface area contributed by atoms with Crippen LogP contribution in [-0.4, -0.2) is 95.4 Å². The van der Waals surface area contributed by atoms with Crippen molar-refractivity contribution in [3.05, 3.63) is 12.2 Å². The first-order valence-electron chi connectivity index (χ1n) is 21.6. The van der Waals surface area contributed by atoms with Gasteiger partial charge in [-0.2, -0.15) is 8.42 Å². The molecular weight excluding hydrogens is 715 g/mol. The molecule has 12 nitrogen and oxygen atoms in total. The zero-order valence-corrected chi connectivity index (χ0v) is 34.6. The Morgan fingerprint density at radius 3 is 1.61 bits per heavy atom. The second-order valence-electron chi connectivity index (χ2n) is 15.3. The number of aliphatic hydroxyl groups excluding tert-OH is 4. The molecule has 0 unspecified atom stereocenters. The number of ether oxygens (including phenoxy) is 2. The van der Waals surface area contributed by atoms with E-state index in [9.17, 15) is 33.6 Å². The zero-order chi connectivity index (χ0) is 39.9. The normalized spacial score (nSPS) is 21.8. The summed E-state index contributed by atoms with van der Waals surface area (Å²) in [6, 6.07) is -0.936. The molecule has 1 saturated heterocycles. The Labute approximate surface area is 328 Å². The van der Waals surface area contributed by atoms with Crippen molar-refractivity contribution in [2.75, 3.05) is 13.2 Å². The molecule has 0 saturated carbocycles. The van der Waals surface area contributed by atoms with Gasteiger partial charge in [-0.05, 0) is 19.3 Å². The number of hydrogen-bond acceptors (Lipinski definition) is 10. The van der Waals surface area contributed by atoms with E-state index in [1.54, 1.807) is 6.08 Å². The fourth-order valence-corrected chi connectivity index (χ4v) is 7.43. The van der Waals surface area contributed by atoms with Crippen LogP contribution in [0.2, 0.25) is 0 Å². The average Bonchev–Trinajstić information content (AvgIpc) is 3.14. The fourth-order valence-electron chi connectivity index (χ4n) is 6.92. The second kappa shape index (κ2) is 32.9. The van der Waals surface area contributed by atoms with Crippen molar-refractivity contribution in [2.24, 2.45) is 0 Å². The van der Waals surface area contributed by atoms with Crippen LogP contribution in [0.5, 0.6) is 0 Å². The Morgan fingerprint density at radius 1 is 0.722 bits per heavy atom. The molecule has 0 bridgehead atoms. The minimum atomic E-state index is -5.08. The Morgan fingerprint density at radius 2 is 1.17 bits per heavy atom. The van der Waals surface area contributed by atoms with E-state index in [4.69, 9.17) is 14.0 Å². The van der Waals surface area contributed by atoms with Gasteiger partial charge in [0.05, 0.1) is 25.4 Å². The molecule has 1 heterocycles. The number of carbonyl (C=O) groups is 1. The summed E-state index contributed by atoms with van der Waals surface area (Å²) in [5.41, 5.74) is 0. The van der Waals surface area contributed by atoms with Crippen molar-refractivity contribution < 1.29 is 51.8 Å². The Hall–Kier alpha value is -1.16. The number of nitrogens with one attached hydrogen (secondary N) is 1. The van der Waals surface area contributed by atoms with Gasteiger partial charge in [0.15, 0.2) is 6.29 Å². The molecule has 0 aromatic rings. The van der Waals surface area contributed by atoms with E-state index in [0.29, 0.717) is 6.42 Å². The number of aliphatic hydroxyl groups is 4. The van der Waals surface area contributed by atoms with Crippen LogP contribution in [0.25, 0.3) is 0 Å². The molecule has 1 rings (SSSR count). The van der Waals surface area contributed by atoms with Gasteiger partial charge in [0.25, 0.3) is 0 Å². The summed E-state index contributed by atoms with van der Waals surface area (Å²) in [6.45, 7) is 3.37. The third kappa shape index (κ3) is 25.9. The van der Waals surface area contributed by atoms with Gasteiger partial charge in [0.1, 0.15) is 24.4 Å². The third-order valence-corrected chi connectivity index (χ3v) is 10.8. The molecule has 320 valence electrons. The number of amides is 1. The van der Waals surface area contributed by atoms with Crippen molar-refractivity contribution in [1.29, 1.82) is 0 Å². The average molecular weight is 794 g/mol. The van der Waals surface area contributed by atoms with Crippen LogP contribution in [0, 0.1) is 0 Å². The van der Waals surface area contributed by atoms with Gasteiger partial charge in [0, 0.05) is 6.42 Å². The van der Waals surface area contributed by atoms with Crippen molar-refractivity contribution in [1.82, 2.24) is 5.32 Å². The van der Waals surface area contributed by atoms with E-state index in [1.165, 1.54) is 122 Å². The summed E-state index contributed by atoms with van der Waals surface area (Å²) in [4.78, 5) is 13.0. The van der Waals surface area contributed by atoms with Gasteiger partial charge in [-0.3, -0.25) is 9.35 Å². The molecule has 7 atom stereocenters. The van der Waals surface area contributed by atoms with Crippen LogP contribution >= 0.6 is 0 Å². The van der Waals surface area contributed by atoms with E-state index in [-0.39, 0.29) is 18.9 Å². The van der Waals surface area contributed by atoms with E-state index >= 15 is 0 Å². The summed E-state index contributed by atoms with van der Waals surface area (Å²) in [5.74, 6) is -0.262. The second-order valence-corrected chi connectivity index (χ2v) is 16.3. The highest BCUT2D eigenvalue weighted by molar-refractivity contribution is 7.80. The quantitative estimate of drug-likeness (QED) is 0.0208. The number of unbranched alkanes of at least 4 members (excludes halogenated alkanes) is 24. The molecule has 0 spiro atoms. The van der Waals surface area contributed by atoms with Crippen LogP contribution in [-0.2, 0) is 28.9 Å². The molecular formula is C41H79NO11S. The summed E-state index contributed by atoms with van der Waals surface area (Å²) in [5, 5.41) is 44.6. The number of rotatable bonds is 36. The Kier molecular flexibility index (Phi) is 31.0. The first kappa shape index (κ1) is 50.9. The maximum atomic E-state index is 13.0. The third-order valence-electron chi connectivity index (χ3n) is 10.3. The van der Waals surface area contributed by atoms with Gasteiger partial charge < -0.3 is 35.2 Å². The maximum Gasteiger partial charge on any atom is 0.397 e. The van der Waals surface area contributed by atoms with Gasteiger partial charge in [0.2, 0.25) is 5.91 Å². The lowest BCUT2D eigenvalue weighted by molar-refractivity contribution is -0.298. The Balaban J connectivity index is 2.57. The van der Waals surface area contributed by atoms with Crippen LogP contribution < -0.4 is 5.32 Å².